The molecule has 0 amide bonds. The third-order valence-corrected chi connectivity index (χ3v) is 5.54. The average molecular weight is 421 g/mol. The zero-order chi connectivity index (χ0) is 18.5. The summed E-state index contributed by atoms with van der Waals surface area (Å²) in [6.07, 6.45) is 0. The number of aromatic hydroxyl groups is 1. The maximum atomic E-state index is 10.0. The molecule has 3 rings (SSSR count). The van der Waals surface area contributed by atoms with Crippen molar-refractivity contribution in [2.75, 3.05) is 40.4 Å². The Balaban J connectivity index is 1.58. The van der Waals surface area contributed by atoms with Crippen LogP contribution in [0.2, 0.25) is 0 Å². The van der Waals surface area contributed by atoms with Crippen molar-refractivity contribution in [3.8, 4) is 17.2 Å². The average Bonchev–Trinajstić information content (AvgIpc) is 2.66. The van der Waals surface area contributed by atoms with Crippen LogP contribution in [0.1, 0.15) is 11.1 Å². The van der Waals surface area contributed by atoms with Gasteiger partial charge in [-0.1, -0.05) is 34.1 Å². The van der Waals surface area contributed by atoms with E-state index in [0.29, 0.717) is 11.5 Å². The molecule has 1 saturated heterocycles. The number of hydrogen-bond acceptors (Lipinski definition) is 5. The fourth-order valence-electron chi connectivity index (χ4n) is 3.27. The minimum Gasteiger partial charge on any atom is -0.502 e. The van der Waals surface area contributed by atoms with Crippen LogP contribution in [0, 0.1) is 0 Å². The van der Waals surface area contributed by atoms with Crippen LogP contribution in [-0.4, -0.2) is 55.3 Å². The highest BCUT2D eigenvalue weighted by atomic mass is 79.9. The van der Waals surface area contributed by atoms with Crippen LogP contribution in [0.4, 0.5) is 0 Å². The second kappa shape index (κ2) is 8.75. The van der Waals surface area contributed by atoms with Gasteiger partial charge in [-0.05, 0) is 29.3 Å². The van der Waals surface area contributed by atoms with Gasteiger partial charge in [0.1, 0.15) is 0 Å². The molecule has 1 fully saturated rings. The topological polar surface area (TPSA) is 45.2 Å². The quantitative estimate of drug-likeness (QED) is 0.774. The molecule has 0 unspecified atom stereocenters. The Labute approximate surface area is 163 Å². The lowest BCUT2D eigenvalue weighted by atomic mass is 10.1. The van der Waals surface area contributed by atoms with Crippen molar-refractivity contribution in [3.05, 3.63) is 52.0 Å². The van der Waals surface area contributed by atoms with Gasteiger partial charge in [0, 0.05) is 43.7 Å². The van der Waals surface area contributed by atoms with E-state index in [4.69, 9.17) is 9.47 Å². The van der Waals surface area contributed by atoms with Crippen molar-refractivity contribution in [2.24, 2.45) is 0 Å². The van der Waals surface area contributed by atoms with Crippen molar-refractivity contribution in [1.82, 2.24) is 9.80 Å². The summed E-state index contributed by atoms with van der Waals surface area (Å²) in [5, 5.41) is 10.0. The lowest BCUT2D eigenvalue weighted by Crippen LogP contribution is -2.45. The SMILES string of the molecule is COc1cc(CN2CCN(Cc3ccccc3Br)CC2)cc(OC)c1O. The first kappa shape index (κ1) is 19.0. The van der Waals surface area contributed by atoms with E-state index in [2.05, 4.69) is 43.9 Å². The predicted molar refractivity (Wildman–Crippen MR) is 106 cm³/mol. The molecule has 1 heterocycles. The first-order valence-corrected chi connectivity index (χ1v) is 9.52. The van der Waals surface area contributed by atoms with Gasteiger partial charge in [0.15, 0.2) is 11.5 Å². The molecule has 0 aromatic heterocycles. The molecular weight excluding hydrogens is 396 g/mol. The number of methoxy groups -OCH3 is 2. The van der Waals surface area contributed by atoms with Crippen molar-refractivity contribution >= 4 is 15.9 Å². The fraction of sp³-hybridized carbons (Fsp3) is 0.400. The first-order chi connectivity index (χ1) is 12.6. The third-order valence-electron chi connectivity index (χ3n) is 4.76. The molecule has 0 aliphatic carbocycles. The highest BCUT2D eigenvalue weighted by molar-refractivity contribution is 9.10. The highest BCUT2D eigenvalue weighted by Crippen LogP contribution is 2.37. The molecule has 0 radical (unpaired) electrons. The van der Waals surface area contributed by atoms with Crippen molar-refractivity contribution in [1.29, 1.82) is 0 Å². The number of phenols is 1. The van der Waals surface area contributed by atoms with Crippen LogP contribution in [0.3, 0.4) is 0 Å². The van der Waals surface area contributed by atoms with Crippen LogP contribution in [0.15, 0.2) is 40.9 Å². The monoisotopic (exact) mass is 420 g/mol. The minimum absolute atomic E-state index is 0.0528. The molecule has 5 nitrogen and oxygen atoms in total. The van der Waals surface area contributed by atoms with Gasteiger partial charge in [-0.15, -0.1) is 0 Å². The summed E-state index contributed by atoms with van der Waals surface area (Å²) in [6, 6.07) is 12.2. The Hall–Kier alpha value is -1.76. The lowest BCUT2D eigenvalue weighted by Gasteiger charge is -2.35. The van der Waals surface area contributed by atoms with E-state index in [0.717, 1.165) is 44.8 Å². The molecule has 1 aliphatic heterocycles. The molecule has 26 heavy (non-hydrogen) atoms. The smallest absolute Gasteiger partial charge is 0.200 e. The van der Waals surface area contributed by atoms with Gasteiger partial charge >= 0.3 is 0 Å². The number of ether oxygens (including phenoxy) is 2. The van der Waals surface area contributed by atoms with Crippen LogP contribution >= 0.6 is 15.9 Å². The zero-order valence-corrected chi connectivity index (χ0v) is 16.8. The van der Waals surface area contributed by atoms with Crippen LogP contribution in [0.5, 0.6) is 17.2 Å². The Morgan fingerprint density at radius 2 is 1.46 bits per heavy atom. The van der Waals surface area contributed by atoms with E-state index >= 15 is 0 Å². The Morgan fingerprint density at radius 3 is 2.00 bits per heavy atom. The van der Waals surface area contributed by atoms with E-state index in [1.165, 1.54) is 10.0 Å². The largest absolute Gasteiger partial charge is 0.502 e. The summed E-state index contributed by atoms with van der Waals surface area (Å²) in [7, 11) is 3.11. The third kappa shape index (κ3) is 4.50. The number of nitrogens with zero attached hydrogens (tertiary/aromatic N) is 2. The van der Waals surface area contributed by atoms with Gasteiger partial charge < -0.3 is 14.6 Å². The molecule has 0 saturated carbocycles. The summed E-state index contributed by atoms with van der Waals surface area (Å²) < 4.78 is 11.7. The number of halogens is 1. The van der Waals surface area contributed by atoms with E-state index in [1.54, 1.807) is 14.2 Å². The molecule has 0 atom stereocenters. The van der Waals surface area contributed by atoms with Crippen molar-refractivity contribution in [3.63, 3.8) is 0 Å². The highest BCUT2D eigenvalue weighted by Gasteiger charge is 2.19. The maximum Gasteiger partial charge on any atom is 0.200 e. The van der Waals surface area contributed by atoms with Crippen LogP contribution in [-0.2, 0) is 13.1 Å². The van der Waals surface area contributed by atoms with E-state index < -0.39 is 0 Å². The van der Waals surface area contributed by atoms with E-state index in [9.17, 15) is 5.11 Å². The standard InChI is InChI=1S/C20H25BrN2O3/c1-25-18-11-15(12-19(26-2)20(18)24)13-22-7-9-23(10-8-22)14-16-5-3-4-6-17(16)21/h3-6,11-12,24H,7-10,13-14H2,1-2H3. The summed E-state index contributed by atoms with van der Waals surface area (Å²) in [5.41, 5.74) is 2.41. The Kier molecular flexibility index (Phi) is 6.40. The van der Waals surface area contributed by atoms with Gasteiger partial charge in [-0.2, -0.15) is 0 Å². The fourth-order valence-corrected chi connectivity index (χ4v) is 3.68. The molecular formula is C20H25BrN2O3. The number of benzene rings is 2. The molecule has 1 aliphatic rings. The summed E-state index contributed by atoms with van der Waals surface area (Å²) >= 11 is 3.63. The van der Waals surface area contributed by atoms with Gasteiger partial charge in [-0.3, -0.25) is 9.80 Å². The summed E-state index contributed by atoms with van der Waals surface area (Å²) in [6.45, 7) is 5.87. The summed E-state index contributed by atoms with van der Waals surface area (Å²) in [4.78, 5) is 4.90. The normalized spacial score (nSPS) is 15.8. The van der Waals surface area contributed by atoms with Crippen LogP contribution < -0.4 is 9.47 Å². The number of phenolic OH excluding ortho intramolecular Hbond substituents is 1. The molecule has 140 valence electrons. The number of piperazine rings is 1. The molecule has 2 aromatic rings. The molecule has 0 bridgehead atoms. The Morgan fingerprint density at radius 1 is 0.923 bits per heavy atom. The molecule has 2 aromatic carbocycles. The number of rotatable bonds is 6. The van der Waals surface area contributed by atoms with Gasteiger partial charge in [0.2, 0.25) is 5.75 Å². The number of hydrogen-bond donors (Lipinski definition) is 1. The van der Waals surface area contributed by atoms with Crippen molar-refractivity contribution < 1.29 is 14.6 Å². The zero-order valence-electron chi connectivity index (χ0n) is 15.2. The molecule has 0 spiro atoms. The minimum atomic E-state index is 0.0528. The van der Waals surface area contributed by atoms with E-state index in [-0.39, 0.29) is 5.75 Å². The molecule has 6 heteroatoms. The van der Waals surface area contributed by atoms with Crippen molar-refractivity contribution in [2.45, 2.75) is 13.1 Å². The Bertz CT molecular complexity index is 721. The second-order valence-corrected chi connectivity index (χ2v) is 7.35. The van der Waals surface area contributed by atoms with E-state index in [1.807, 2.05) is 18.2 Å². The molecule has 1 N–H and O–H groups in total. The van der Waals surface area contributed by atoms with Gasteiger partial charge in [0.25, 0.3) is 0 Å². The van der Waals surface area contributed by atoms with Gasteiger partial charge in [-0.25, -0.2) is 0 Å². The first-order valence-electron chi connectivity index (χ1n) is 8.72. The lowest BCUT2D eigenvalue weighted by molar-refractivity contribution is 0.121. The second-order valence-electron chi connectivity index (χ2n) is 6.49. The van der Waals surface area contributed by atoms with Crippen LogP contribution in [0.25, 0.3) is 0 Å². The van der Waals surface area contributed by atoms with Gasteiger partial charge in [0.05, 0.1) is 14.2 Å². The maximum absolute atomic E-state index is 10.0. The predicted octanol–water partition coefficient (Wildman–Crippen LogP) is 3.49. The summed E-state index contributed by atoms with van der Waals surface area (Å²) in [5.74, 6) is 0.954.